The van der Waals surface area contributed by atoms with Gasteiger partial charge in [-0.25, -0.2) is 14.4 Å². The van der Waals surface area contributed by atoms with E-state index in [-0.39, 0.29) is 70.3 Å². The van der Waals surface area contributed by atoms with Crippen LogP contribution in [0.2, 0.25) is 0 Å². The highest BCUT2D eigenvalue weighted by Gasteiger charge is 2.34. The van der Waals surface area contributed by atoms with E-state index in [9.17, 15) is 19.2 Å². The maximum atomic E-state index is 13.5. The fraction of sp³-hybridized carbons (Fsp3) is 0.290. The fourth-order valence-electron chi connectivity index (χ4n) is 4.31. The van der Waals surface area contributed by atoms with Crippen LogP contribution in [0.3, 0.4) is 0 Å². The standard InChI is InChI=1S/C31H32O12/c1-36-21-14-13-20(29(33)39-4)25(27(21)42-17-18-10-8-7-9-11-18)26-24(30(34)40-5)19(12-15-23(32)38-3)16-22(37-2)28(26)43-31(35)41-6/h7-11,13-14,16H,12,15,17H2,1-6H3. The van der Waals surface area contributed by atoms with Crippen molar-refractivity contribution in [2.24, 2.45) is 0 Å². The van der Waals surface area contributed by atoms with E-state index in [4.69, 9.17) is 37.9 Å². The summed E-state index contributed by atoms with van der Waals surface area (Å²) in [5, 5.41) is 0. The van der Waals surface area contributed by atoms with Gasteiger partial charge in [0.05, 0.1) is 53.8 Å². The maximum absolute atomic E-state index is 13.5. The van der Waals surface area contributed by atoms with E-state index >= 15 is 0 Å². The van der Waals surface area contributed by atoms with Crippen molar-refractivity contribution in [3.05, 3.63) is 70.8 Å². The SMILES string of the molecule is COC(=O)CCc1cc(OC)c(OC(=O)OC)c(-c2c(C(=O)OC)ccc(OC)c2OCc2ccccc2)c1C(=O)OC. The minimum atomic E-state index is -1.15. The number of rotatable bonds is 12. The molecule has 3 rings (SSSR count). The number of ether oxygens (including phenoxy) is 8. The van der Waals surface area contributed by atoms with E-state index in [0.717, 1.165) is 19.8 Å². The summed E-state index contributed by atoms with van der Waals surface area (Å²) in [7, 11) is 7.37. The van der Waals surface area contributed by atoms with Gasteiger partial charge in [-0.3, -0.25) is 4.79 Å². The summed E-state index contributed by atoms with van der Waals surface area (Å²) in [6, 6.07) is 13.5. The zero-order valence-corrected chi connectivity index (χ0v) is 24.6. The van der Waals surface area contributed by atoms with Crippen LogP contribution in [0.5, 0.6) is 23.0 Å². The second-order valence-electron chi connectivity index (χ2n) is 8.73. The van der Waals surface area contributed by atoms with Gasteiger partial charge >= 0.3 is 24.1 Å². The fourth-order valence-corrected chi connectivity index (χ4v) is 4.31. The highest BCUT2D eigenvalue weighted by Crippen LogP contribution is 2.51. The number of esters is 3. The van der Waals surface area contributed by atoms with Gasteiger partial charge in [0.1, 0.15) is 6.61 Å². The van der Waals surface area contributed by atoms with Gasteiger partial charge in [0.2, 0.25) is 0 Å². The number of aryl methyl sites for hydroxylation is 1. The molecule has 3 aromatic rings. The van der Waals surface area contributed by atoms with Crippen molar-refractivity contribution < 1.29 is 57.1 Å². The van der Waals surface area contributed by atoms with Gasteiger partial charge in [-0.15, -0.1) is 0 Å². The highest BCUT2D eigenvalue weighted by atomic mass is 16.7. The van der Waals surface area contributed by atoms with Crippen LogP contribution in [0.1, 0.15) is 38.3 Å². The lowest BCUT2D eigenvalue weighted by Crippen LogP contribution is -2.17. The molecule has 0 amide bonds. The molecule has 0 aromatic heterocycles. The zero-order chi connectivity index (χ0) is 31.5. The molecule has 0 saturated carbocycles. The average Bonchev–Trinajstić information content (AvgIpc) is 3.05. The van der Waals surface area contributed by atoms with Crippen molar-refractivity contribution in [3.63, 3.8) is 0 Å². The first-order valence-electron chi connectivity index (χ1n) is 12.9. The first-order chi connectivity index (χ1) is 20.7. The normalized spacial score (nSPS) is 10.3. The Balaban J connectivity index is 2.53. The molecule has 0 aliphatic heterocycles. The van der Waals surface area contributed by atoms with Crippen LogP contribution in [-0.4, -0.2) is 66.7 Å². The third-order valence-electron chi connectivity index (χ3n) is 6.34. The minimum Gasteiger partial charge on any atom is -0.493 e. The van der Waals surface area contributed by atoms with Gasteiger partial charge in [0.25, 0.3) is 0 Å². The van der Waals surface area contributed by atoms with E-state index < -0.39 is 24.1 Å². The maximum Gasteiger partial charge on any atom is 0.513 e. The molecule has 228 valence electrons. The molecule has 0 spiro atoms. The number of hydrogen-bond acceptors (Lipinski definition) is 12. The number of hydrogen-bond donors (Lipinski definition) is 0. The van der Waals surface area contributed by atoms with Crippen molar-refractivity contribution in [3.8, 4) is 34.1 Å². The van der Waals surface area contributed by atoms with Crippen LogP contribution in [-0.2, 0) is 36.8 Å². The second kappa shape index (κ2) is 15.1. The molecule has 0 heterocycles. The predicted octanol–water partition coefficient (Wildman–Crippen LogP) is 4.77. The molecule has 12 nitrogen and oxygen atoms in total. The van der Waals surface area contributed by atoms with Crippen molar-refractivity contribution in [2.45, 2.75) is 19.4 Å². The Bertz CT molecular complexity index is 1480. The van der Waals surface area contributed by atoms with Crippen molar-refractivity contribution in [1.29, 1.82) is 0 Å². The van der Waals surface area contributed by atoms with Gasteiger partial charge < -0.3 is 37.9 Å². The molecule has 0 aliphatic rings. The van der Waals surface area contributed by atoms with Gasteiger partial charge in [-0.2, -0.15) is 0 Å². The minimum absolute atomic E-state index is 0.0151. The summed E-state index contributed by atoms with van der Waals surface area (Å²) >= 11 is 0. The zero-order valence-electron chi connectivity index (χ0n) is 24.6. The molecule has 0 bridgehead atoms. The van der Waals surface area contributed by atoms with Crippen molar-refractivity contribution >= 4 is 24.1 Å². The van der Waals surface area contributed by atoms with Gasteiger partial charge in [-0.1, -0.05) is 30.3 Å². The molecule has 0 aliphatic carbocycles. The van der Waals surface area contributed by atoms with Crippen molar-refractivity contribution in [2.75, 3.05) is 42.7 Å². The molecule has 43 heavy (non-hydrogen) atoms. The lowest BCUT2D eigenvalue weighted by atomic mass is 9.88. The topological polar surface area (TPSA) is 142 Å². The van der Waals surface area contributed by atoms with E-state index in [1.807, 2.05) is 30.3 Å². The third-order valence-corrected chi connectivity index (χ3v) is 6.34. The summed E-state index contributed by atoms with van der Waals surface area (Å²) in [5.41, 5.74) is 0.669. The third kappa shape index (κ3) is 7.34. The summed E-state index contributed by atoms with van der Waals surface area (Å²) in [6.45, 7) is 0.0226. The van der Waals surface area contributed by atoms with Gasteiger partial charge in [0.15, 0.2) is 23.0 Å². The molecule has 0 saturated heterocycles. The largest absolute Gasteiger partial charge is 0.513 e. The Morgan fingerprint density at radius 1 is 0.674 bits per heavy atom. The van der Waals surface area contributed by atoms with E-state index in [2.05, 4.69) is 0 Å². The Hall–Kier alpha value is -5.26. The number of carbonyl (C=O) groups is 4. The molecule has 3 aromatic carbocycles. The highest BCUT2D eigenvalue weighted by molar-refractivity contribution is 6.08. The Morgan fingerprint density at radius 3 is 1.93 bits per heavy atom. The Kier molecular flexibility index (Phi) is 11.3. The number of methoxy groups -OCH3 is 6. The lowest BCUT2D eigenvalue weighted by molar-refractivity contribution is -0.140. The summed E-state index contributed by atoms with van der Waals surface area (Å²) in [4.78, 5) is 51.3. The van der Waals surface area contributed by atoms with Crippen LogP contribution >= 0.6 is 0 Å². The quantitative estimate of drug-likeness (QED) is 0.161. The number of carbonyl (C=O) groups excluding carboxylic acids is 4. The predicted molar refractivity (Wildman–Crippen MR) is 152 cm³/mol. The van der Waals surface area contributed by atoms with Crippen LogP contribution in [0.15, 0.2) is 48.5 Å². The molecule has 0 fully saturated rings. The second-order valence-corrected chi connectivity index (χ2v) is 8.73. The smallest absolute Gasteiger partial charge is 0.493 e. The van der Waals surface area contributed by atoms with Crippen LogP contribution in [0.25, 0.3) is 11.1 Å². The average molecular weight is 597 g/mol. The molecule has 0 atom stereocenters. The first-order valence-corrected chi connectivity index (χ1v) is 12.9. The van der Waals surface area contributed by atoms with E-state index in [0.29, 0.717) is 0 Å². The monoisotopic (exact) mass is 596 g/mol. The molecule has 0 radical (unpaired) electrons. The molecular formula is C31H32O12. The van der Waals surface area contributed by atoms with Crippen LogP contribution in [0.4, 0.5) is 4.79 Å². The van der Waals surface area contributed by atoms with Gasteiger partial charge in [0, 0.05) is 17.5 Å². The molecule has 0 N–H and O–H groups in total. The number of benzene rings is 3. The summed E-state index contributed by atoms with van der Waals surface area (Å²) in [6.07, 6.45) is -1.29. The Labute approximate surface area is 248 Å². The summed E-state index contributed by atoms with van der Waals surface area (Å²) < 4.78 is 42.6. The first kappa shape index (κ1) is 32.3. The Morgan fingerprint density at radius 2 is 1.35 bits per heavy atom. The van der Waals surface area contributed by atoms with Gasteiger partial charge in [-0.05, 0) is 35.7 Å². The van der Waals surface area contributed by atoms with Crippen LogP contribution in [0, 0.1) is 0 Å². The summed E-state index contributed by atoms with van der Waals surface area (Å²) in [5.74, 6) is -2.35. The van der Waals surface area contributed by atoms with Crippen molar-refractivity contribution in [1.82, 2.24) is 0 Å². The van der Waals surface area contributed by atoms with E-state index in [1.54, 1.807) is 0 Å². The molecular weight excluding hydrogens is 564 g/mol. The molecule has 0 unspecified atom stereocenters. The molecule has 12 heteroatoms. The van der Waals surface area contributed by atoms with Crippen LogP contribution < -0.4 is 18.9 Å². The van der Waals surface area contributed by atoms with E-state index in [1.165, 1.54) is 46.6 Å². The lowest BCUT2D eigenvalue weighted by Gasteiger charge is -2.24.